The van der Waals surface area contributed by atoms with Crippen LogP contribution in [-0.4, -0.2) is 16.4 Å². The molecule has 2 aromatic rings. The van der Waals surface area contributed by atoms with Gasteiger partial charge in [-0.2, -0.15) is 0 Å². The number of benzene rings is 1. The second kappa shape index (κ2) is 6.79. The second-order valence-corrected chi connectivity index (χ2v) is 4.35. The molecule has 120 valence electrons. The lowest BCUT2D eigenvalue weighted by Gasteiger charge is -2.10. The van der Waals surface area contributed by atoms with Crippen molar-refractivity contribution in [1.29, 1.82) is 0 Å². The van der Waals surface area contributed by atoms with Crippen molar-refractivity contribution in [3.63, 3.8) is 0 Å². The Bertz CT molecular complexity index is 800. The molecule has 9 heteroatoms. The quantitative estimate of drug-likeness (QED) is 0.807. The van der Waals surface area contributed by atoms with Gasteiger partial charge in [0.25, 0.3) is 11.5 Å². The summed E-state index contributed by atoms with van der Waals surface area (Å²) in [6.45, 7) is 0. The number of nitrogens with zero attached hydrogens (tertiary/aromatic N) is 1. The van der Waals surface area contributed by atoms with Crippen molar-refractivity contribution in [3.8, 4) is 0 Å². The van der Waals surface area contributed by atoms with Crippen LogP contribution in [0.2, 0.25) is 0 Å². The SMILES string of the molecule is Cn1c(C(=O)ONNC(=O)c2c(F)cccc2F)cccc1=O. The lowest BCUT2D eigenvalue weighted by atomic mass is 10.2. The van der Waals surface area contributed by atoms with Gasteiger partial charge in [-0.25, -0.2) is 13.6 Å². The van der Waals surface area contributed by atoms with Gasteiger partial charge in [-0.05, 0) is 18.2 Å². The molecule has 0 atom stereocenters. The Morgan fingerprint density at radius 3 is 2.35 bits per heavy atom. The summed E-state index contributed by atoms with van der Waals surface area (Å²) in [7, 11) is 1.35. The Hall–Kier alpha value is -3.07. The van der Waals surface area contributed by atoms with Crippen LogP contribution in [0.15, 0.2) is 41.2 Å². The van der Waals surface area contributed by atoms with Crippen LogP contribution in [0.1, 0.15) is 20.8 Å². The lowest BCUT2D eigenvalue weighted by Crippen LogP contribution is -2.40. The zero-order valence-corrected chi connectivity index (χ0v) is 11.8. The van der Waals surface area contributed by atoms with Gasteiger partial charge in [-0.3, -0.25) is 15.0 Å². The largest absolute Gasteiger partial charge is 0.375 e. The zero-order valence-electron chi connectivity index (χ0n) is 11.8. The monoisotopic (exact) mass is 323 g/mol. The molecule has 0 saturated carbocycles. The number of aromatic nitrogens is 1. The highest BCUT2D eigenvalue weighted by molar-refractivity contribution is 5.94. The van der Waals surface area contributed by atoms with Gasteiger partial charge in [0.05, 0.1) is 0 Å². The van der Waals surface area contributed by atoms with E-state index in [1.54, 1.807) is 5.59 Å². The van der Waals surface area contributed by atoms with Gasteiger partial charge in [0.1, 0.15) is 22.9 Å². The highest BCUT2D eigenvalue weighted by Gasteiger charge is 2.17. The molecule has 0 fully saturated rings. The Morgan fingerprint density at radius 1 is 1.09 bits per heavy atom. The second-order valence-electron chi connectivity index (χ2n) is 4.35. The minimum Gasteiger partial charge on any atom is -0.345 e. The molecule has 2 N–H and O–H groups in total. The minimum atomic E-state index is -1.17. The number of hydrazine groups is 1. The average Bonchev–Trinajstić information content (AvgIpc) is 2.49. The average molecular weight is 323 g/mol. The Kier molecular flexibility index (Phi) is 4.82. The molecule has 0 saturated heterocycles. The van der Waals surface area contributed by atoms with Crippen molar-refractivity contribution in [2.24, 2.45) is 7.05 Å². The summed E-state index contributed by atoms with van der Waals surface area (Å²) in [5.74, 6) is -4.28. The Balaban J connectivity index is 2.00. The fourth-order valence-electron chi connectivity index (χ4n) is 1.72. The zero-order chi connectivity index (χ0) is 17.0. The molecular formula is C14H11F2N3O4. The van der Waals surface area contributed by atoms with Gasteiger partial charge in [-0.1, -0.05) is 17.7 Å². The summed E-state index contributed by atoms with van der Waals surface area (Å²) in [5, 5.41) is 0. The summed E-state index contributed by atoms with van der Waals surface area (Å²) in [6.07, 6.45) is 0. The Labute approximate surface area is 128 Å². The van der Waals surface area contributed by atoms with Gasteiger partial charge in [0.2, 0.25) is 0 Å². The van der Waals surface area contributed by atoms with E-state index >= 15 is 0 Å². The van der Waals surface area contributed by atoms with E-state index in [4.69, 9.17) is 0 Å². The van der Waals surface area contributed by atoms with E-state index in [1.807, 2.05) is 5.43 Å². The molecule has 23 heavy (non-hydrogen) atoms. The molecule has 0 aliphatic heterocycles. The normalized spacial score (nSPS) is 10.2. The maximum atomic E-state index is 13.4. The van der Waals surface area contributed by atoms with Crippen LogP contribution in [-0.2, 0) is 11.9 Å². The van der Waals surface area contributed by atoms with E-state index in [1.165, 1.54) is 25.2 Å². The third-order valence-electron chi connectivity index (χ3n) is 2.89. The number of carbonyl (C=O) groups excluding carboxylic acids is 2. The molecule has 7 nitrogen and oxygen atoms in total. The molecule has 1 heterocycles. The molecule has 2 rings (SSSR count). The van der Waals surface area contributed by atoms with E-state index in [2.05, 4.69) is 4.84 Å². The number of rotatable bonds is 4. The first-order chi connectivity index (χ1) is 10.9. The number of nitrogens with one attached hydrogen (secondary N) is 2. The summed E-state index contributed by atoms with van der Waals surface area (Å²) in [5.41, 5.74) is 2.25. The molecule has 0 aliphatic carbocycles. The maximum absolute atomic E-state index is 13.4. The topological polar surface area (TPSA) is 89.4 Å². The molecule has 0 bridgehead atoms. The summed E-state index contributed by atoms with van der Waals surface area (Å²) < 4.78 is 27.8. The molecule has 0 unspecified atom stereocenters. The van der Waals surface area contributed by atoms with E-state index in [9.17, 15) is 23.2 Å². The van der Waals surface area contributed by atoms with Crippen LogP contribution in [0, 0.1) is 11.6 Å². The highest BCUT2D eigenvalue weighted by Crippen LogP contribution is 2.11. The fraction of sp³-hybridized carbons (Fsp3) is 0.0714. The van der Waals surface area contributed by atoms with E-state index in [-0.39, 0.29) is 5.69 Å². The summed E-state index contributed by atoms with van der Waals surface area (Å²) >= 11 is 0. The third-order valence-corrected chi connectivity index (χ3v) is 2.89. The smallest absolute Gasteiger partial charge is 0.345 e. The standard InChI is InChI=1S/C14H11F2N3O4/c1-19-10(6-3-7-11(19)20)14(22)23-18-17-13(21)12-8(15)4-2-5-9(12)16/h2-7,18H,1H3,(H,17,21). The van der Waals surface area contributed by atoms with Crippen molar-refractivity contribution < 1.29 is 23.2 Å². The van der Waals surface area contributed by atoms with Crippen molar-refractivity contribution in [1.82, 2.24) is 15.6 Å². The summed E-state index contributed by atoms with van der Waals surface area (Å²) in [4.78, 5) is 39.2. The van der Waals surface area contributed by atoms with Gasteiger partial charge in [-0.15, -0.1) is 0 Å². The minimum absolute atomic E-state index is 0.0867. The highest BCUT2D eigenvalue weighted by atomic mass is 19.1. The maximum Gasteiger partial charge on any atom is 0.375 e. The van der Waals surface area contributed by atoms with Crippen LogP contribution in [0.3, 0.4) is 0 Å². The first-order valence-corrected chi connectivity index (χ1v) is 6.28. The van der Waals surface area contributed by atoms with E-state index in [0.29, 0.717) is 0 Å². The van der Waals surface area contributed by atoms with Crippen molar-refractivity contribution in [2.75, 3.05) is 0 Å². The van der Waals surface area contributed by atoms with Crippen molar-refractivity contribution >= 4 is 11.9 Å². The molecule has 0 aliphatic rings. The molecule has 0 radical (unpaired) electrons. The predicted molar refractivity (Wildman–Crippen MR) is 74.1 cm³/mol. The Morgan fingerprint density at radius 2 is 1.70 bits per heavy atom. The number of amides is 1. The number of halogens is 2. The summed E-state index contributed by atoms with van der Waals surface area (Å²) in [6, 6.07) is 6.83. The van der Waals surface area contributed by atoms with Crippen LogP contribution < -0.4 is 16.6 Å². The first-order valence-electron chi connectivity index (χ1n) is 6.28. The van der Waals surface area contributed by atoms with Crippen molar-refractivity contribution in [2.45, 2.75) is 0 Å². The lowest BCUT2D eigenvalue weighted by molar-refractivity contribution is 0.0125. The number of hydrogen-bond donors (Lipinski definition) is 2. The number of hydrogen-bond acceptors (Lipinski definition) is 5. The van der Waals surface area contributed by atoms with Gasteiger partial charge in [0.15, 0.2) is 0 Å². The molecule has 0 spiro atoms. The van der Waals surface area contributed by atoms with Crippen LogP contribution in [0.4, 0.5) is 8.78 Å². The van der Waals surface area contributed by atoms with Gasteiger partial charge < -0.3 is 9.40 Å². The van der Waals surface area contributed by atoms with Crippen molar-refractivity contribution in [3.05, 3.63) is 69.6 Å². The molecular weight excluding hydrogens is 312 g/mol. The van der Waals surface area contributed by atoms with Gasteiger partial charge in [0, 0.05) is 13.1 Å². The molecule has 1 aromatic carbocycles. The van der Waals surface area contributed by atoms with E-state index in [0.717, 1.165) is 22.8 Å². The fourth-order valence-corrected chi connectivity index (χ4v) is 1.72. The first kappa shape index (κ1) is 16.3. The molecule has 1 amide bonds. The number of pyridine rings is 1. The van der Waals surface area contributed by atoms with Crippen LogP contribution in [0.5, 0.6) is 0 Å². The van der Waals surface area contributed by atoms with Gasteiger partial charge >= 0.3 is 5.97 Å². The predicted octanol–water partition coefficient (Wildman–Crippen LogP) is 0.670. The molecule has 1 aromatic heterocycles. The number of carbonyl (C=O) groups is 2. The third kappa shape index (κ3) is 3.58. The van der Waals surface area contributed by atoms with E-state index < -0.39 is 34.6 Å². The van der Waals surface area contributed by atoms with Crippen LogP contribution >= 0.6 is 0 Å². The van der Waals surface area contributed by atoms with Crippen LogP contribution in [0.25, 0.3) is 0 Å².